The van der Waals surface area contributed by atoms with Crippen molar-refractivity contribution in [1.82, 2.24) is 9.80 Å². The van der Waals surface area contributed by atoms with Crippen molar-refractivity contribution in [3.05, 3.63) is 0 Å². The molecule has 0 aromatic carbocycles. The van der Waals surface area contributed by atoms with Crippen LogP contribution < -0.4 is 0 Å². The molecule has 0 aromatic heterocycles. The van der Waals surface area contributed by atoms with E-state index >= 15 is 0 Å². The van der Waals surface area contributed by atoms with Crippen LogP contribution in [0.2, 0.25) is 0 Å². The average molecular weight is 395 g/mol. The van der Waals surface area contributed by atoms with E-state index in [-0.39, 0.29) is 0 Å². The molecule has 0 N–H and O–H groups in total. The number of nitrogens with zero attached hydrogens (tertiary/aromatic N) is 2. The molecule has 0 radical (unpaired) electrons. The van der Waals surface area contributed by atoms with Crippen LogP contribution in [0.1, 0.15) is 48.0 Å². The third kappa shape index (κ3) is 18.9. The lowest BCUT2D eigenvalue weighted by Gasteiger charge is -2.31. The first-order valence-electron chi connectivity index (χ1n) is 10.7. The molecule has 2 atom stereocenters. The van der Waals surface area contributed by atoms with Crippen molar-refractivity contribution in [2.24, 2.45) is 0 Å². The zero-order chi connectivity index (χ0) is 21.5. The number of rotatable bonds is 5. The van der Waals surface area contributed by atoms with E-state index in [1.54, 1.807) is 14.2 Å². The molecular formula is C21H50N2O4. The number of hydrogen-bond acceptors (Lipinski definition) is 6. The van der Waals surface area contributed by atoms with E-state index in [0.29, 0.717) is 12.1 Å². The van der Waals surface area contributed by atoms with Gasteiger partial charge in [-0.15, -0.1) is 0 Å². The van der Waals surface area contributed by atoms with Gasteiger partial charge in [0, 0.05) is 40.5 Å². The molecule has 2 heterocycles. The molecule has 168 valence electrons. The van der Waals surface area contributed by atoms with Crippen molar-refractivity contribution >= 4 is 0 Å². The lowest BCUT2D eigenvalue weighted by atomic mass is 10.2. The van der Waals surface area contributed by atoms with Gasteiger partial charge in [0.2, 0.25) is 0 Å². The summed E-state index contributed by atoms with van der Waals surface area (Å²) in [7, 11) is 7.68. The summed E-state index contributed by atoms with van der Waals surface area (Å²) in [6.45, 7) is 19.2. The number of ether oxygens (including phenoxy) is 4. The Morgan fingerprint density at radius 2 is 1.52 bits per heavy atom. The lowest BCUT2D eigenvalue weighted by Crippen LogP contribution is -2.45. The molecule has 0 saturated carbocycles. The van der Waals surface area contributed by atoms with Crippen molar-refractivity contribution in [2.75, 3.05) is 81.0 Å². The predicted octanol–water partition coefficient (Wildman–Crippen LogP) is 3.40. The van der Waals surface area contributed by atoms with E-state index in [9.17, 15) is 0 Å². The molecule has 2 fully saturated rings. The van der Waals surface area contributed by atoms with Crippen LogP contribution in [-0.2, 0) is 18.9 Å². The van der Waals surface area contributed by atoms with E-state index in [1.807, 2.05) is 41.5 Å². The van der Waals surface area contributed by atoms with Crippen LogP contribution in [0, 0.1) is 0 Å². The van der Waals surface area contributed by atoms with E-state index in [4.69, 9.17) is 18.9 Å². The highest BCUT2D eigenvalue weighted by atomic mass is 16.5. The minimum atomic E-state index is 0.383. The Kier molecular flexibility index (Phi) is 30.0. The SMILES string of the molecule is CC.CC.CC.COCC1COCCN1C.COCCC1CN(C)CCO1. The average Bonchev–Trinajstić information content (AvgIpc) is 2.73. The van der Waals surface area contributed by atoms with Crippen LogP contribution in [-0.4, -0.2) is 103 Å². The van der Waals surface area contributed by atoms with Gasteiger partial charge in [0.1, 0.15) is 0 Å². The van der Waals surface area contributed by atoms with Crippen molar-refractivity contribution < 1.29 is 18.9 Å². The summed E-state index contributed by atoms with van der Waals surface area (Å²) in [6, 6.07) is 0.457. The molecule has 2 aliphatic rings. The van der Waals surface area contributed by atoms with Gasteiger partial charge in [-0.25, -0.2) is 0 Å². The van der Waals surface area contributed by atoms with Gasteiger partial charge in [0.15, 0.2) is 0 Å². The van der Waals surface area contributed by atoms with Crippen LogP contribution >= 0.6 is 0 Å². The molecule has 2 saturated heterocycles. The Hall–Kier alpha value is -0.240. The van der Waals surface area contributed by atoms with E-state index in [0.717, 1.165) is 59.1 Å². The Balaban J connectivity index is -0.000000335. The maximum atomic E-state index is 5.53. The van der Waals surface area contributed by atoms with Gasteiger partial charge in [-0.1, -0.05) is 41.5 Å². The Labute approximate surface area is 170 Å². The lowest BCUT2D eigenvalue weighted by molar-refractivity contribution is -0.0327. The largest absolute Gasteiger partial charge is 0.385 e. The fourth-order valence-electron chi connectivity index (χ4n) is 2.40. The maximum Gasteiger partial charge on any atom is 0.0724 e. The van der Waals surface area contributed by atoms with Crippen LogP contribution in [0.25, 0.3) is 0 Å². The summed E-state index contributed by atoms with van der Waals surface area (Å²) in [5, 5.41) is 0. The molecular weight excluding hydrogens is 344 g/mol. The standard InChI is InChI=1S/C8H17NO2.C7H15NO2.3C2H6/c1-9-4-6-11-8(7-9)3-5-10-2;1-8-3-4-10-6-7(8)5-9-2;3*1-2/h8H,3-7H2,1-2H3;7H,3-6H2,1-2H3;3*1-2H3. The monoisotopic (exact) mass is 394 g/mol. The minimum absolute atomic E-state index is 0.383. The summed E-state index contributed by atoms with van der Waals surface area (Å²) in [5.74, 6) is 0. The number of morpholine rings is 2. The first-order chi connectivity index (χ1) is 13.2. The topological polar surface area (TPSA) is 43.4 Å². The Bertz CT molecular complexity index is 256. The maximum absolute atomic E-state index is 5.53. The Morgan fingerprint density at radius 3 is 2.00 bits per heavy atom. The zero-order valence-corrected chi connectivity index (χ0v) is 20.0. The highest BCUT2D eigenvalue weighted by molar-refractivity contribution is 4.71. The molecule has 0 bridgehead atoms. The summed E-state index contributed by atoms with van der Waals surface area (Å²) >= 11 is 0. The first kappa shape index (κ1) is 31.5. The number of likely N-dealkylation sites (N-methyl/N-ethyl adjacent to an activating group) is 2. The third-order valence-corrected chi connectivity index (χ3v) is 3.87. The summed E-state index contributed by atoms with van der Waals surface area (Å²) in [4.78, 5) is 4.57. The highest BCUT2D eigenvalue weighted by Gasteiger charge is 2.18. The predicted molar refractivity (Wildman–Crippen MR) is 117 cm³/mol. The summed E-state index contributed by atoms with van der Waals surface area (Å²) < 4.78 is 20.8. The Morgan fingerprint density at radius 1 is 0.889 bits per heavy atom. The van der Waals surface area contributed by atoms with Crippen LogP contribution in [0.5, 0.6) is 0 Å². The minimum Gasteiger partial charge on any atom is -0.385 e. The molecule has 27 heavy (non-hydrogen) atoms. The quantitative estimate of drug-likeness (QED) is 0.712. The molecule has 0 spiro atoms. The molecule has 2 unspecified atom stereocenters. The van der Waals surface area contributed by atoms with E-state index < -0.39 is 0 Å². The molecule has 0 aromatic rings. The second kappa shape index (κ2) is 25.8. The van der Waals surface area contributed by atoms with Crippen LogP contribution in [0.3, 0.4) is 0 Å². The van der Waals surface area contributed by atoms with Gasteiger partial charge in [0.25, 0.3) is 0 Å². The molecule has 6 nitrogen and oxygen atoms in total. The van der Waals surface area contributed by atoms with Gasteiger partial charge < -0.3 is 23.8 Å². The summed E-state index contributed by atoms with van der Waals surface area (Å²) in [6.07, 6.45) is 1.40. The van der Waals surface area contributed by atoms with Gasteiger partial charge >= 0.3 is 0 Å². The third-order valence-electron chi connectivity index (χ3n) is 3.87. The van der Waals surface area contributed by atoms with Gasteiger partial charge in [-0.3, -0.25) is 4.90 Å². The smallest absolute Gasteiger partial charge is 0.0724 e. The van der Waals surface area contributed by atoms with Crippen molar-refractivity contribution in [3.63, 3.8) is 0 Å². The summed E-state index contributed by atoms with van der Waals surface area (Å²) in [5.41, 5.74) is 0. The van der Waals surface area contributed by atoms with Crippen LogP contribution in [0.4, 0.5) is 0 Å². The van der Waals surface area contributed by atoms with Crippen molar-refractivity contribution in [1.29, 1.82) is 0 Å². The van der Waals surface area contributed by atoms with Crippen LogP contribution in [0.15, 0.2) is 0 Å². The van der Waals surface area contributed by atoms with Gasteiger partial charge in [0.05, 0.1) is 38.6 Å². The molecule has 2 rings (SSSR count). The van der Waals surface area contributed by atoms with Crippen molar-refractivity contribution in [2.45, 2.75) is 60.1 Å². The zero-order valence-electron chi connectivity index (χ0n) is 20.0. The molecule has 0 aliphatic carbocycles. The second-order valence-corrected chi connectivity index (χ2v) is 5.70. The number of methoxy groups -OCH3 is 2. The molecule has 0 amide bonds. The first-order valence-corrected chi connectivity index (χ1v) is 10.7. The van der Waals surface area contributed by atoms with Gasteiger partial charge in [-0.2, -0.15) is 0 Å². The highest BCUT2D eigenvalue weighted by Crippen LogP contribution is 2.06. The van der Waals surface area contributed by atoms with Crippen molar-refractivity contribution in [3.8, 4) is 0 Å². The fraction of sp³-hybridized carbons (Fsp3) is 1.00. The van der Waals surface area contributed by atoms with Gasteiger partial charge in [-0.05, 0) is 20.5 Å². The normalized spacial score (nSPS) is 22.4. The molecule has 6 heteroatoms. The molecule has 2 aliphatic heterocycles. The van der Waals surface area contributed by atoms with E-state index in [2.05, 4.69) is 23.9 Å². The fourth-order valence-corrected chi connectivity index (χ4v) is 2.40. The van der Waals surface area contributed by atoms with E-state index in [1.165, 1.54) is 0 Å². The number of hydrogen-bond donors (Lipinski definition) is 0. The second-order valence-electron chi connectivity index (χ2n) is 5.70.